The molecule has 19 heavy (non-hydrogen) atoms. The molecule has 1 N–H and O–H groups in total. The Morgan fingerprint density at radius 1 is 1.37 bits per heavy atom. The molecule has 1 aromatic rings. The molecule has 0 radical (unpaired) electrons. The number of benzene rings is 1. The number of hydrogen-bond donors (Lipinski definition) is 1. The first-order chi connectivity index (χ1) is 9.02. The van der Waals surface area contributed by atoms with Gasteiger partial charge in [0.25, 0.3) is 5.91 Å². The van der Waals surface area contributed by atoms with Crippen molar-refractivity contribution in [2.75, 3.05) is 20.3 Å². The summed E-state index contributed by atoms with van der Waals surface area (Å²) in [4.78, 5) is 22.8. The minimum absolute atomic E-state index is 0.0383. The summed E-state index contributed by atoms with van der Waals surface area (Å²) < 4.78 is 10.2. The Bertz CT molecular complexity index is 445. The van der Waals surface area contributed by atoms with Gasteiger partial charge in [0.2, 0.25) is 0 Å². The Morgan fingerprint density at radius 3 is 2.74 bits per heavy atom. The van der Waals surface area contributed by atoms with Crippen molar-refractivity contribution in [3.05, 3.63) is 29.8 Å². The number of carbonyl (C=O) groups is 2. The van der Waals surface area contributed by atoms with Gasteiger partial charge in [-0.3, -0.25) is 9.59 Å². The van der Waals surface area contributed by atoms with Crippen molar-refractivity contribution in [3.8, 4) is 5.75 Å². The SMILES string of the molecule is COCC(C)NC(=O)COc1cccc(C(C)=O)c1. The fourth-order valence-electron chi connectivity index (χ4n) is 1.56. The van der Waals surface area contributed by atoms with Crippen LogP contribution in [0.1, 0.15) is 24.2 Å². The third kappa shape index (κ3) is 5.52. The van der Waals surface area contributed by atoms with Crippen molar-refractivity contribution in [3.63, 3.8) is 0 Å². The topological polar surface area (TPSA) is 64.6 Å². The van der Waals surface area contributed by atoms with Crippen LogP contribution in [0.15, 0.2) is 24.3 Å². The summed E-state index contributed by atoms with van der Waals surface area (Å²) in [5.41, 5.74) is 0.561. The van der Waals surface area contributed by atoms with Crippen LogP contribution in [0.2, 0.25) is 0 Å². The summed E-state index contributed by atoms with van der Waals surface area (Å²) in [5.74, 6) is 0.239. The van der Waals surface area contributed by atoms with Gasteiger partial charge in [0.15, 0.2) is 12.4 Å². The van der Waals surface area contributed by atoms with E-state index >= 15 is 0 Å². The molecule has 1 aromatic carbocycles. The highest BCUT2D eigenvalue weighted by atomic mass is 16.5. The van der Waals surface area contributed by atoms with Crippen molar-refractivity contribution in [2.45, 2.75) is 19.9 Å². The number of amides is 1. The fourth-order valence-corrected chi connectivity index (χ4v) is 1.56. The van der Waals surface area contributed by atoms with E-state index in [9.17, 15) is 9.59 Å². The lowest BCUT2D eigenvalue weighted by molar-refractivity contribution is -0.124. The molecule has 0 aliphatic rings. The molecule has 0 aliphatic heterocycles. The van der Waals surface area contributed by atoms with Crippen LogP contribution in [0.4, 0.5) is 0 Å². The predicted molar refractivity (Wildman–Crippen MR) is 71.4 cm³/mol. The molecule has 1 rings (SSSR count). The summed E-state index contributed by atoms with van der Waals surface area (Å²) >= 11 is 0. The summed E-state index contributed by atoms with van der Waals surface area (Å²) in [5, 5.41) is 2.73. The minimum atomic E-state index is -0.224. The summed E-state index contributed by atoms with van der Waals surface area (Å²) in [6.07, 6.45) is 0. The van der Waals surface area contributed by atoms with E-state index in [1.807, 2.05) is 6.92 Å². The van der Waals surface area contributed by atoms with Gasteiger partial charge in [-0.15, -0.1) is 0 Å². The van der Waals surface area contributed by atoms with Gasteiger partial charge in [-0.1, -0.05) is 12.1 Å². The Kier molecular flexibility index (Phi) is 6.02. The third-order valence-corrected chi connectivity index (χ3v) is 2.43. The number of rotatable bonds is 7. The molecule has 0 heterocycles. The highest BCUT2D eigenvalue weighted by Gasteiger charge is 2.08. The van der Waals surface area contributed by atoms with Crippen molar-refractivity contribution >= 4 is 11.7 Å². The monoisotopic (exact) mass is 265 g/mol. The lowest BCUT2D eigenvalue weighted by Gasteiger charge is -2.13. The number of nitrogens with one attached hydrogen (secondary N) is 1. The second-order valence-corrected chi connectivity index (χ2v) is 4.30. The number of Topliss-reactive ketones (excluding diaryl/α,β-unsaturated/α-hetero) is 1. The van der Waals surface area contributed by atoms with Crippen LogP contribution in [-0.2, 0) is 9.53 Å². The van der Waals surface area contributed by atoms with Crippen LogP contribution in [0.3, 0.4) is 0 Å². The van der Waals surface area contributed by atoms with Crippen molar-refractivity contribution in [2.24, 2.45) is 0 Å². The van der Waals surface area contributed by atoms with E-state index in [0.717, 1.165) is 0 Å². The molecule has 0 aliphatic carbocycles. The highest BCUT2D eigenvalue weighted by Crippen LogP contribution is 2.13. The Balaban J connectivity index is 2.46. The standard InChI is InChI=1S/C14H19NO4/c1-10(8-18-3)15-14(17)9-19-13-6-4-5-12(7-13)11(2)16/h4-7,10H,8-9H2,1-3H3,(H,15,17). The van der Waals surface area contributed by atoms with Gasteiger partial charge >= 0.3 is 0 Å². The highest BCUT2D eigenvalue weighted by molar-refractivity contribution is 5.94. The summed E-state index contributed by atoms with van der Waals surface area (Å²) in [6.45, 7) is 3.69. The first kappa shape index (κ1) is 15.2. The zero-order valence-electron chi connectivity index (χ0n) is 11.4. The lowest BCUT2D eigenvalue weighted by Crippen LogP contribution is -2.38. The largest absolute Gasteiger partial charge is 0.484 e. The zero-order chi connectivity index (χ0) is 14.3. The van der Waals surface area contributed by atoms with E-state index in [2.05, 4.69) is 5.32 Å². The Labute approximate surface area is 112 Å². The van der Waals surface area contributed by atoms with E-state index in [4.69, 9.17) is 9.47 Å². The molecule has 0 saturated carbocycles. The van der Waals surface area contributed by atoms with E-state index < -0.39 is 0 Å². The summed E-state index contributed by atoms with van der Waals surface area (Å²) in [7, 11) is 1.58. The maximum Gasteiger partial charge on any atom is 0.258 e. The van der Waals surface area contributed by atoms with Crippen LogP contribution in [0.5, 0.6) is 5.75 Å². The van der Waals surface area contributed by atoms with Crippen LogP contribution < -0.4 is 10.1 Å². The fraction of sp³-hybridized carbons (Fsp3) is 0.429. The van der Waals surface area contributed by atoms with Gasteiger partial charge in [-0.2, -0.15) is 0 Å². The molecule has 104 valence electrons. The van der Waals surface area contributed by atoms with E-state index in [1.54, 1.807) is 31.4 Å². The van der Waals surface area contributed by atoms with Crippen LogP contribution >= 0.6 is 0 Å². The Morgan fingerprint density at radius 2 is 2.11 bits per heavy atom. The molecule has 1 amide bonds. The molecule has 0 bridgehead atoms. The summed E-state index contributed by atoms with van der Waals surface area (Å²) in [6, 6.07) is 6.68. The van der Waals surface area contributed by atoms with Gasteiger partial charge < -0.3 is 14.8 Å². The van der Waals surface area contributed by atoms with Gasteiger partial charge in [0.1, 0.15) is 5.75 Å². The Hall–Kier alpha value is -1.88. The number of carbonyl (C=O) groups excluding carboxylic acids is 2. The zero-order valence-corrected chi connectivity index (χ0v) is 11.4. The number of ketones is 1. The second-order valence-electron chi connectivity index (χ2n) is 4.30. The molecule has 0 spiro atoms. The van der Waals surface area contributed by atoms with Crippen molar-refractivity contribution in [1.29, 1.82) is 0 Å². The number of methoxy groups -OCH3 is 1. The average Bonchev–Trinajstić information content (AvgIpc) is 2.37. The van der Waals surface area contributed by atoms with Crippen molar-refractivity contribution < 1.29 is 19.1 Å². The molecule has 0 aromatic heterocycles. The molecule has 1 atom stereocenters. The molecule has 0 saturated heterocycles. The van der Waals surface area contributed by atoms with E-state index in [1.165, 1.54) is 6.92 Å². The molecule has 1 unspecified atom stereocenters. The van der Waals surface area contributed by atoms with Gasteiger partial charge in [0, 0.05) is 18.7 Å². The van der Waals surface area contributed by atoms with Crippen molar-refractivity contribution in [1.82, 2.24) is 5.32 Å². The molecule has 5 nitrogen and oxygen atoms in total. The first-order valence-electron chi connectivity index (χ1n) is 6.05. The smallest absolute Gasteiger partial charge is 0.258 e. The molecular formula is C14H19NO4. The second kappa shape index (κ2) is 7.53. The molecule has 0 fully saturated rings. The van der Waals surface area contributed by atoms with Crippen LogP contribution in [0.25, 0.3) is 0 Å². The normalized spacial score (nSPS) is 11.7. The minimum Gasteiger partial charge on any atom is -0.484 e. The first-order valence-corrected chi connectivity index (χ1v) is 6.05. The maximum absolute atomic E-state index is 11.6. The van der Waals surface area contributed by atoms with Gasteiger partial charge in [-0.25, -0.2) is 0 Å². The molecular weight excluding hydrogens is 246 g/mol. The number of ether oxygens (including phenoxy) is 2. The van der Waals surface area contributed by atoms with Gasteiger partial charge in [-0.05, 0) is 26.0 Å². The maximum atomic E-state index is 11.6. The average molecular weight is 265 g/mol. The quantitative estimate of drug-likeness (QED) is 0.757. The predicted octanol–water partition coefficient (Wildman–Crippen LogP) is 1.42. The molecule has 5 heteroatoms. The number of hydrogen-bond acceptors (Lipinski definition) is 4. The van der Waals surface area contributed by atoms with Gasteiger partial charge in [0.05, 0.1) is 6.61 Å². The van der Waals surface area contributed by atoms with Crippen LogP contribution in [0, 0.1) is 0 Å². The third-order valence-electron chi connectivity index (χ3n) is 2.43. The van der Waals surface area contributed by atoms with E-state index in [0.29, 0.717) is 17.9 Å². The van der Waals surface area contributed by atoms with E-state index in [-0.39, 0.29) is 24.3 Å². The van der Waals surface area contributed by atoms with Crippen LogP contribution in [-0.4, -0.2) is 38.1 Å². The lowest BCUT2D eigenvalue weighted by atomic mass is 10.1.